The van der Waals surface area contributed by atoms with Gasteiger partial charge in [0.1, 0.15) is 18.2 Å². The highest BCUT2D eigenvalue weighted by Gasteiger charge is 2.02. The van der Waals surface area contributed by atoms with Crippen molar-refractivity contribution >= 4 is 5.82 Å². The normalized spacial score (nSPS) is 10.4. The van der Waals surface area contributed by atoms with Crippen LogP contribution in [-0.4, -0.2) is 50.6 Å². The number of hydrogen-bond donors (Lipinski definition) is 1. The SMILES string of the molecule is COCCCNc1cc(OCCOC)nc(C)n1. The molecule has 6 nitrogen and oxygen atoms in total. The largest absolute Gasteiger partial charge is 0.475 e. The second-order valence-electron chi connectivity index (χ2n) is 3.75. The molecule has 0 aromatic carbocycles. The first-order chi connectivity index (χ1) is 8.76. The maximum absolute atomic E-state index is 5.45. The summed E-state index contributed by atoms with van der Waals surface area (Å²) >= 11 is 0. The maximum atomic E-state index is 5.45. The average molecular weight is 255 g/mol. The van der Waals surface area contributed by atoms with Crippen LogP contribution in [0.4, 0.5) is 5.82 Å². The number of aryl methyl sites for hydroxylation is 1. The van der Waals surface area contributed by atoms with E-state index in [0.29, 0.717) is 24.9 Å². The molecule has 0 aliphatic heterocycles. The molecule has 0 saturated heterocycles. The monoisotopic (exact) mass is 255 g/mol. The minimum Gasteiger partial charge on any atom is -0.475 e. The van der Waals surface area contributed by atoms with Gasteiger partial charge in [-0.15, -0.1) is 0 Å². The molecule has 0 aliphatic carbocycles. The Hall–Kier alpha value is -1.40. The molecule has 0 bridgehead atoms. The lowest BCUT2D eigenvalue weighted by molar-refractivity contribution is 0.143. The molecule has 0 spiro atoms. The molecule has 1 N–H and O–H groups in total. The van der Waals surface area contributed by atoms with E-state index in [1.54, 1.807) is 20.3 Å². The summed E-state index contributed by atoms with van der Waals surface area (Å²) in [7, 11) is 3.33. The Morgan fingerprint density at radius 2 is 1.89 bits per heavy atom. The second kappa shape index (κ2) is 8.66. The first-order valence-electron chi connectivity index (χ1n) is 5.96. The fourth-order valence-corrected chi connectivity index (χ4v) is 1.37. The van der Waals surface area contributed by atoms with Crippen molar-refractivity contribution < 1.29 is 14.2 Å². The van der Waals surface area contributed by atoms with Gasteiger partial charge in [0.05, 0.1) is 6.61 Å². The van der Waals surface area contributed by atoms with Gasteiger partial charge >= 0.3 is 0 Å². The Morgan fingerprint density at radius 3 is 2.61 bits per heavy atom. The summed E-state index contributed by atoms with van der Waals surface area (Å²) in [5.74, 6) is 2.01. The topological polar surface area (TPSA) is 65.5 Å². The van der Waals surface area contributed by atoms with Gasteiger partial charge in [-0.3, -0.25) is 0 Å². The van der Waals surface area contributed by atoms with Gasteiger partial charge in [0.2, 0.25) is 5.88 Å². The molecule has 6 heteroatoms. The van der Waals surface area contributed by atoms with Crippen LogP contribution in [-0.2, 0) is 9.47 Å². The van der Waals surface area contributed by atoms with Gasteiger partial charge in [0.25, 0.3) is 0 Å². The average Bonchev–Trinajstić information content (AvgIpc) is 2.34. The lowest BCUT2D eigenvalue weighted by Gasteiger charge is -2.09. The number of aromatic nitrogens is 2. The number of anilines is 1. The first kappa shape index (κ1) is 14.7. The number of rotatable bonds is 9. The van der Waals surface area contributed by atoms with E-state index in [4.69, 9.17) is 14.2 Å². The molecule has 0 fully saturated rings. The number of methoxy groups -OCH3 is 2. The van der Waals surface area contributed by atoms with E-state index in [1.807, 2.05) is 6.92 Å². The molecule has 0 atom stereocenters. The third kappa shape index (κ3) is 5.79. The number of nitrogens with zero attached hydrogens (tertiary/aromatic N) is 2. The number of hydrogen-bond acceptors (Lipinski definition) is 6. The van der Waals surface area contributed by atoms with E-state index in [-0.39, 0.29) is 0 Å². The molecule has 1 aromatic rings. The van der Waals surface area contributed by atoms with Gasteiger partial charge in [0.15, 0.2) is 0 Å². The maximum Gasteiger partial charge on any atom is 0.218 e. The van der Waals surface area contributed by atoms with Crippen LogP contribution in [0.2, 0.25) is 0 Å². The molecule has 0 radical (unpaired) electrons. The van der Waals surface area contributed by atoms with Crippen LogP contribution in [0.25, 0.3) is 0 Å². The van der Waals surface area contributed by atoms with Crippen molar-refractivity contribution in [1.29, 1.82) is 0 Å². The molecule has 1 rings (SSSR count). The van der Waals surface area contributed by atoms with Crippen molar-refractivity contribution in [3.8, 4) is 5.88 Å². The van der Waals surface area contributed by atoms with Crippen molar-refractivity contribution in [1.82, 2.24) is 9.97 Å². The van der Waals surface area contributed by atoms with Crippen molar-refractivity contribution in [2.24, 2.45) is 0 Å². The minimum atomic E-state index is 0.482. The van der Waals surface area contributed by atoms with Crippen LogP contribution in [0.15, 0.2) is 6.07 Å². The number of nitrogens with one attached hydrogen (secondary N) is 1. The summed E-state index contributed by atoms with van der Waals surface area (Å²) in [5, 5.41) is 3.21. The molecule has 1 heterocycles. The molecule has 0 saturated carbocycles. The van der Waals surface area contributed by atoms with Crippen molar-refractivity contribution in [2.45, 2.75) is 13.3 Å². The highest BCUT2D eigenvalue weighted by molar-refractivity contribution is 5.38. The van der Waals surface area contributed by atoms with Crippen LogP contribution in [0, 0.1) is 6.92 Å². The highest BCUT2D eigenvalue weighted by atomic mass is 16.5. The fraction of sp³-hybridized carbons (Fsp3) is 0.667. The van der Waals surface area contributed by atoms with E-state index in [9.17, 15) is 0 Å². The quantitative estimate of drug-likeness (QED) is 0.670. The molecule has 1 aromatic heterocycles. The van der Waals surface area contributed by atoms with Gasteiger partial charge in [-0.2, -0.15) is 4.98 Å². The Balaban J connectivity index is 2.46. The summed E-state index contributed by atoms with van der Waals surface area (Å²) in [6, 6.07) is 1.79. The van der Waals surface area contributed by atoms with Gasteiger partial charge < -0.3 is 19.5 Å². The van der Waals surface area contributed by atoms with Crippen molar-refractivity contribution in [3.63, 3.8) is 0 Å². The van der Waals surface area contributed by atoms with E-state index in [2.05, 4.69) is 15.3 Å². The zero-order valence-electron chi connectivity index (χ0n) is 11.2. The Kier molecular flexibility index (Phi) is 7.05. The second-order valence-corrected chi connectivity index (χ2v) is 3.75. The van der Waals surface area contributed by atoms with E-state index >= 15 is 0 Å². The molecule has 0 amide bonds. The van der Waals surface area contributed by atoms with Crippen LogP contribution in [0.5, 0.6) is 5.88 Å². The predicted molar refractivity (Wildman–Crippen MR) is 69.1 cm³/mol. The van der Waals surface area contributed by atoms with Crippen LogP contribution < -0.4 is 10.1 Å². The van der Waals surface area contributed by atoms with E-state index in [1.165, 1.54) is 0 Å². The molecular weight excluding hydrogens is 234 g/mol. The van der Waals surface area contributed by atoms with Crippen molar-refractivity contribution in [2.75, 3.05) is 45.9 Å². The van der Waals surface area contributed by atoms with Crippen LogP contribution in [0.1, 0.15) is 12.2 Å². The van der Waals surface area contributed by atoms with Gasteiger partial charge in [0, 0.05) is 33.4 Å². The predicted octanol–water partition coefficient (Wildman–Crippen LogP) is 1.26. The van der Waals surface area contributed by atoms with Crippen molar-refractivity contribution in [3.05, 3.63) is 11.9 Å². The molecule has 102 valence electrons. The zero-order valence-corrected chi connectivity index (χ0v) is 11.2. The molecule has 18 heavy (non-hydrogen) atoms. The lowest BCUT2D eigenvalue weighted by Crippen LogP contribution is -2.09. The van der Waals surface area contributed by atoms with Gasteiger partial charge in [-0.1, -0.05) is 0 Å². The Morgan fingerprint density at radius 1 is 1.11 bits per heavy atom. The fourth-order valence-electron chi connectivity index (χ4n) is 1.37. The highest BCUT2D eigenvalue weighted by Crippen LogP contribution is 2.13. The molecular formula is C12H21N3O3. The summed E-state index contributed by atoms with van der Waals surface area (Å²) in [4.78, 5) is 8.48. The third-order valence-corrected chi connectivity index (χ3v) is 2.18. The van der Waals surface area contributed by atoms with Crippen LogP contribution in [0.3, 0.4) is 0 Å². The van der Waals surface area contributed by atoms with E-state index < -0.39 is 0 Å². The Labute approximate surface area is 108 Å². The molecule has 0 aliphatic rings. The zero-order chi connectivity index (χ0) is 13.2. The lowest BCUT2D eigenvalue weighted by atomic mass is 10.4. The molecule has 0 unspecified atom stereocenters. The summed E-state index contributed by atoms with van der Waals surface area (Å²) in [6.07, 6.45) is 0.930. The first-order valence-corrected chi connectivity index (χ1v) is 5.96. The van der Waals surface area contributed by atoms with E-state index in [0.717, 1.165) is 25.4 Å². The standard InChI is InChI=1S/C12H21N3O3/c1-10-14-11(13-5-4-6-16-2)9-12(15-10)18-8-7-17-3/h9H,4-8H2,1-3H3,(H,13,14,15). The summed E-state index contributed by atoms with van der Waals surface area (Å²) < 4.78 is 15.4. The summed E-state index contributed by atoms with van der Waals surface area (Å²) in [5.41, 5.74) is 0. The smallest absolute Gasteiger partial charge is 0.218 e. The number of ether oxygens (including phenoxy) is 3. The third-order valence-electron chi connectivity index (χ3n) is 2.18. The minimum absolute atomic E-state index is 0.482. The van der Waals surface area contributed by atoms with Crippen LogP contribution >= 0.6 is 0 Å². The Bertz CT molecular complexity index is 347. The van der Waals surface area contributed by atoms with Gasteiger partial charge in [-0.25, -0.2) is 4.98 Å². The van der Waals surface area contributed by atoms with Gasteiger partial charge in [-0.05, 0) is 13.3 Å². The summed E-state index contributed by atoms with van der Waals surface area (Å²) in [6.45, 7) is 4.40.